The zero-order chi connectivity index (χ0) is 12.4. The Morgan fingerprint density at radius 1 is 1.35 bits per heavy atom. The molecule has 0 saturated carbocycles. The maximum Gasteiger partial charge on any atom is 0.265 e. The first-order chi connectivity index (χ1) is 8.13. The zero-order valence-electron chi connectivity index (χ0n) is 9.37. The Hall–Kier alpha value is -1.56. The molecule has 2 aromatic heterocycles. The first kappa shape index (κ1) is 11.9. The van der Waals surface area contributed by atoms with Crippen molar-refractivity contribution in [3.05, 3.63) is 28.2 Å². The molecule has 2 heterocycles. The van der Waals surface area contributed by atoms with Crippen LogP contribution in [0.5, 0.6) is 0 Å². The minimum absolute atomic E-state index is 0.0147. The topological polar surface area (TPSA) is 37.8 Å². The molecule has 0 unspecified atom stereocenters. The van der Waals surface area contributed by atoms with Crippen molar-refractivity contribution in [1.29, 1.82) is 0 Å². The minimum Gasteiger partial charge on any atom is -0.372 e. The predicted molar refractivity (Wildman–Crippen MR) is 64.6 cm³/mol. The minimum atomic E-state index is -2.48. The van der Waals surface area contributed by atoms with E-state index in [2.05, 4.69) is 15.3 Å². The van der Waals surface area contributed by atoms with Gasteiger partial charge >= 0.3 is 0 Å². The van der Waals surface area contributed by atoms with Crippen LogP contribution in [0.25, 0.3) is 11.3 Å². The molecular formula is C11H11F2N3S. The average molecular weight is 255 g/mol. The molecule has 0 spiro atoms. The van der Waals surface area contributed by atoms with Crippen molar-refractivity contribution in [3.8, 4) is 11.3 Å². The summed E-state index contributed by atoms with van der Waals surface area (Å²) in [6.07, 6.45) is -0.977. The van der Waals surface area contributed by atoms with Crippen LogP contribution in [0.3, 0.4) is 0 Å². The highest BCUT2D eigenvalue weighted by Gasteiger charge is 2.16. The molecule has 0 aliphatic carbocycles. The van der Waals surface area contributed by atoms with E-state index in [0.29, 0.717) is 22.8 Å². The number of hydrogen-bond acceptors (Lipinski definition) is 4. The van der Waals surface area contributed by atoms with Gasteiger partial charge in [-0.2, -0.15) is 11.3 Å². The molecule has 90 valence electrons. The molecule has 0 amide bonds. The highest BCUT2D eigenvalue weighted by molar-refractivity contribution is 7.08. The van der Waals surface area contributed by atoms with Crippen LogP contribution in [0.4, 0.5) is 14.6 Å². The summed E-state index contributed by atoms with van der Waals surface area (Å²) in [6.45, 7) is 1.79. The average Bonchev–Trinajstić information content (AvgIpc) is 2.77. The van der Waals surface area contributed by atoms with Crippen LogP contribution in [0.1, 0.15) is 17.7 Å². The molecule has 0 saturated heterocycles. The molecule has 6 heteroatoms. The first-order valence-electron chi connectivity index (χ1n) is 4.99. The lowest BCUT2D eigenvalue weighted by Crippen LogP contribution is -1.99. The second kappa shape index (κ2) is 4.75. The van der Waals surface area contributed by atoms with Gasteiger partial charge in [0, 0.05) is 28.9 Å². The molecule has 3 nitrogen and oxygen atoms in total. The Balaban J connectivity index is 2.46. The van der Waals surface area contributed by atoms with E-state index in [0.717, 1.165) is 0 Å². The molecule has 1 N–H and O–H groups in total. The molecule has 0 radical (unpaired) electrons. The van der Waals surface area contributed by atoms with Crippen molar-refractivity contribution in [2.75, 3.05) is 12.4 Å². The van der Waals surface area contributed by atoms with E-state index in [1.807, 2.05) is 0 Å². The Kier molecular flexibility index (Phi) is 3.33. The van der Waals surface area contributed by atoms with Gasteiger partial charge in [-0.15, -0.1) is 0 Å². The Labute approximate surface area is 102 Å². The summed E-state index contributed by atoms with van der Waals surface area (Å²) in [5.74, 6) is 0.655. The van der Waals surface area contributed by atoms with Crippen molar-refractivity contribution in [2.24, 2.45) is 0 Å². The van der Waals surface area contributed by atoms with Gasteiger partial charge in [0.2, 0.25) is 0 Å². The summed E-state index contributed by atoms with van der Waals surface area (Å²) < 4.78 is 25.5. The number of hydrogen-bond donors (Lipinski definition) is 1. The van der Waals surface area contributed by atoms with Crippen molar-refractivity contribution in [2.45, 2.75) is 13.3 Å². The van der Waals surface area contributed by atoms with Gasteiger partial charge in [0.25, 0.3) is 6.43 Å². The second-order valence-electron chi connectivity index (χ2n) is 3.48. The van der Waals surface area contributed by atoms with E-state index < -0.39 is 6.43 Å². The summed E-state index contributed by atoms with van der Waals surface area (Å²) in [6, 6.07) is 0. The van der Waals surface area contributed by atoms with Gasteiger partial charge in [-0.3, -0.25) is 0 Å². The number of aromatic nitrogens is 2. The number of anilines is 1. The molecular weight excluding hydrogens is 244 g/mol. The SMILES string of the molecule is CNc1ncc(-c2cscc2C(F)F)nc1C. The molecule has 2 rings (SSSR count). The molecule has 0 atom stereocenters. The lowest BCUT2D eigenvalue weighted by atomic mass is 10.1. The summed E-state index contributed by atoms with van der Waals surface area (Å²) in [5.41, 5.74) is 1.65. The maximum atomic E-state index is 12.7. The maximum absolute atomic E-state index is 12.7. The third-order valence-corrected chi connectivity index (χ3v) is 3.15. The number of aryl methyl sites for hydroxylation is 1. The van der Waals surface area contributed by atoms with Crippen LogP contribution in [0.2, 0.25) is 0 Å². The zero-order valence-corrected chi connectivity index (χ0v) is 10.2. The largest absolute Gasteiger partial charge is 0.372 e. The standard InChI is InChI=1S/C11H11F2N3S/c1-6-11(14-2)15-3-9(16-6)7-4-17-5-8(7)10(12)13/h3-5,10H,1-2H3,(H,14,15). The molecule has 0 aliphatic heterocycles. The summed E-state index contributed by atoms with van der Waals surface area (Å²) >= 11 is 1.24. The van der Waals surface area contributed by atoms with Crippen LogP contribution in [-0.2, 0) is 0 Å². The third-order valence-electron chi connectivity index (χ3n) is 2.39. The summed E-state index contributed by atoms with van der Waals surface area (Å²) in [5, 5.41) is 6.00. The number of halogens is 2. The van der Waals surface area contributed by atoms with Crippen LogP contribution in [0, 0.1) is 6.92 Å². The Bertz CT molecular complexity index is 525. The number of alkyl halides is 2. The van der Waals surface area contributed by atoms with Crippen molar-refractivity contribution in [3.63, 3.8) is 0 Å². The fourth-order valence-electron chi connectivity index (χ4n) is 1.54. The predicted octanol–water partition coefficient (Wildman–Crippen LogP) is 3.49. The summed E-state index contributed by atoms with van der Waals surface area (Å²) in [7, 11) is 1.74. The highest BCUT2D eigenvalue weighted by atomic mass is 32.1. The quantitative estimate of drug-likeness (QED) is 0.912. The van der Waals surface area contributed by atoms with E-state index in [9.17, 15) is 8.78 Å². The van der Waals surface area contributed by atoms with E-state index >= 15 is 0 Å². The summed E-state index contributed by atoms with van der Waals surface area (Å²) in [4.78, 5) is 8.42. The Morgan fingerprint density at radius 2 is 2.12 bits per heavy atom. The lowest BCUT2D eigenvalue weighted by molar-refractivity contribution is 0.152. The van der Waals surface area contributed by atoms with E-state index in [-0.39, 0.29) is 5.56 Å². The fraction of sp³-hybridized carbons (Fsp3) is 0.273. The van der Waals surface area contributed by atoms with Crippen molar-refractivity contribution >= 4 is 17.2 Å². The molecule has 0 aliphatic rings. The fourth-order valence-corrected chi connectivity index (χ4v) is 2.38. The highest BCUT2D eigenvalue weighted by Crippen LogP contribution is 2.33. The van der Waals surface area contributed by atoms with Gasteiger partial charge in [-0.25, -0.2) is 18.7 Å². The molecule has 2 aromatic rings. The normalized spacial score (nSPS) is 10.9. The first-order valence-corrected chi connectivity index (χ1v) is 5.93. The van der Waals surface area contributed by atoms with Crippen molar-refractivity contribution in [1.82, 2.24) is 9.97 Å². The lowest BCUT2D eigenvalue weighted by Gasteiger charge is -2.06. The molecule has 0 fully saturated rings. The van der Waals surface area contributed by atoms with Gasteiger partial charge in [0.15, 0.2) is 0 Å². The van der Waals surface area contributed by atoms with E-state index in [1.165, 1.54) is 22.9 Å². The monoisotopic (exact) mass is 255 g/mol. The van der Waals surface area contributed by atoms with Crippen LogP contribution >= 0.6 is 11.3 Å². The molecule has 0 bridgehead atoms. The van der Waals surface area contributed by atoms with Gasteiger partial charge in [0.05, 0.1) is 17.6 Å². The smallest absolute Gasteiger partial charge is 0.265 e. The van der Waals surface area contributed by atoms with Crippen LogP contribution in [0.15, 0.2) is 17.0 Å². The van der Waals surface area contributed by atoms with Crippen LogP contribution in [-0.4, -0.2) is 17.0 Å². The number of thiophene rings is 1. The second-order valence-corrected chi connectivity index (χ2v) is 4.22. The number of nitrogens with one attached hydrogen (secondary N) is 1. The Morgan fingerprint density at radius 3 is 2.71 bits per heavy atom. The van der Waals surface area contributed by atoms with E-state index in [4.69, 9.17) is 0 Å². The van der Waals surface area contributed by atoms with E-state index in [1.54, 1.807) is 19.4 Å². The van der Waals surface area contributed by atoms with Gasteiger partial charge in [-0.1, -0.05) is 0 Å². The molecule has 0 aromatic carbocycles. The number of nitrogens with zero attached hydrogens (tertiary/aromatic N) is 2. The van der Waals surface area contributed by atoms with Crippen LogP contribution < -0.4 is 5.32 Å². The number of rotatable bonds is 3. The van der Waals surface area contributed by atoms with Gasteiger partial charge < -0.3 is 5.32 Å². The third kappa shape index (κ3) is 2.26. The van der Waals surface area contributed by atoms with Crippen molar-refractivity contribution < 1.29 is 8.78 Å². The molecule has 17 heavy (non-hydrogen) atoms. The van der Waals surface area contributed by atoms with Gasteiger partial charge in [-0.05, 0) is 6.92 Å². The van der Waals surface area contributed by atoms with Gasteiger partial charge in [0.1, 0.15) is 5.82 Å².